The number of ether oxygens (including phenoxy) is 3. The molecule has 2 heterocycles. The number of nitrogens with one attached hydrogen (secondary N) is 1. The van der Waals surface area contributed by atoms with E-state index in [-0.39, 0.29) is 30.5 Å². The van der Waals surface area contributed by atoms with Crippen molar-refractivity contribution in [3.8, 4) is 5.75 Å². The molecule has 2 aliphatic carbocycles. The van der Waals surface area contributed by atoms with E-state index in [9.17, 15) is 13.2 Å². The molecule has 0 saturated heterocycles. The van der Waals surface area contributed by atoms with Gasteiger partial charge in [0.1, 0.15) is 5.75 Å². The van der Waals surface area contributed by atoms with Crippen molar-refractivity contribution >= 4 is 33.2 Å². The first-order valence-corrected chi connectivity index (χ1v) is 18.1. The van der Waals surface area contributed by atoms with Gasteiger partial charge in [0.05, 0.1) is 23.6 Å². The molecule has 1 N–H and O–H groups in total. The number of rotatable bonds is 4. The molecule has 1 spiro atoms. The smallest absolute Gasteiger partial charge is 0.264 e. The van der Waals surface area contributed by atoms with Crippen LogP contribution < -0.4 is 14.4 Å². The van der Waals surface area contributed by atoms with Gasteiger partial charge in [0.15, 0.2) is 0 Å². The minimum atomic E-state index is -3.98. The molecule has 2 aromatic carbocycles. The number of allylic oxidation sites excluding steroid dienone is 1. The predicted octanol–water partition coefficient (Wildman–Crippen LogP) is 5.92. The molecular weight excluding hydrogens is 612 g/mol. The van der Waals surface area contributed by atoms with Crippen LogP contribution in [0.15, 0.2) is 48.6 Å². The minimum Gasteiger partial charge on any atom is -0.490 e. The van der Waals surface area contributed by atoms with E-state index in [1.54, 1.807) is 20.3 Å². The highest BCUT2D eigenvalue weighted by atomic mass is 35.5. The Hall–Kier alpha value is -2.59. The Labute approximate surface area is 272 Å². The summed E-state index contributed by atoms with van der Waals surface area (Å²) in [5.41, 5.74) is 3.42. The lowest BCUT2D eigenvalue weighted by molar-refractivity contribution is 0.0130. The molecule has 1 fully saturated rings. The van der Waals surface area contributed by atoms with Crippen LogP contribution in [0, 0.1) is 17.8 Å². The van der Waals surface area contributed by atoms with Crippen molar-refractivity contribution in [1.29, 1.82) is 0 Å². The molecule has 1 saturated carbocycles. The second kappa shape index (κ2) is 13.3. The summed E-state index contributed by atoms with van der Waals surface area (Å²) < 4.78 is 47.4. The van der Waals surface area contributed by atoms with Gasteiger partial charge in [0.25, 0.3) is 5.91 Å². The summed E-state index contributed by atoms with van der Waals surface area (Å²) in [7, 11) is -0.671. The molecule has 244 valence electrons. The van der Waals surface area contributed by atoms with Gasteiger partial charge in [-0.25, -0.2) is 13.1 Å². The van der Waals surface area contributed by atoms with E-state index in [1.165, 1.54) is 11.1 Å². The number of nitrogens with zero attached hydrogens (tertiary/aromatic N) is 1. The van der Waals surface area contributed by atoms with E-state index in [2.05, 4.69) is 33.9 Å². The molecule has 1 amide bonds. The molecule has 2 aromatic rings. The van der Waals surface area contributed by atoms with Crippen LogP contribution in [-0.4, -0.2) is 66.2 Å². The van der Waals surface area contributed by atoms with Crippen molar-refractivity contribution in [2.24, 2.45) is 17.8 Å². The van der Waals surface area contributed by atoms with Gasteiger partial charge in [-0.1, -0.05) is 36.7 Å². The number of aryl methyl sites for hydroxylation is 1. The quantitative estimate of drug-likeness (QED) is 0.409. The molecular formula is C35H45ClN2O6S. The number of sulfonamides is 1. The van der Waals surface area contributed by atoms with Crippen molar-refractivity contribution in [3.63, 3.8) is 0 Å². The number of carbonyl (C=O) groups excluding carboxylic acids is 1. The van der Waals surface area contributed by atoms with Crippen LogP contribution in [0.5, 0.6) is 5.75 Å². The predicted molar refractivity (Wildman–Crippen MR) is 177 cm³/mol. The first-order valence-electron chi connectivity index (χ1n) is 16.2. The third-order valence-corrected chi connectivity index (χ3v) is 12.5. The number of halogens is 1. The van der Waals surface area contributed by atoms with Crippen LogP contribution in [0.4, 0.5) is 5.69 Å². The second-order valence-electron chi connectivity index (χ2n) is 13.5. The Kier molecular flexibility index (Phi) is 9.53. The van der Waals surface area contributed by atoms with Gasteiger partial charge in [0.2, 0.25) is 10.0 Å². The molecule has 6 rings (SSSR count). The summed E-state index contributed by atoms with van der Waals surface area (Å²) in [6.45, 7) is 4.32. The Bertz CT molecular complexity index is 1550. The van der Waals surface area contributed by atoms with Crippen molar-refractivity contribution in [3.05, 3.63) is 70.3 Å². The van der Waals surface area contributed by atoms with E-state index in [0.29, 0.717) is 36.2 Å². The molecule has 45 heavy (non-hydrogen) atoms. The van der Waals surface area contributed by atoms with Crippen LogP contribution >= 0.6 is 11.6 Å². The highest BCUT2D eigenvalue weighted by Crippen LogP contribution is 2.47. The van der Waals surface area contributed by atoms with Crippen molar-refractivity contribution in [1.82, 2.24) is 4.72 Å². The maximum atomic E-state index is 13.6. The Morgan fingerprint density at radius 1 is 1.13 bits per heavy atom. The number of carbonyl (C=O) groups is 1. The highest BCUT2D eigenvalue weighted by Gasteiger charge is 2.44. The summed E-state index contributed by atoms with van der Waals surface area (Å²) in [5.74, 6) is 0.779. The van der Waals surface area contributed by atoms with Crippen LogP contribution in [-0.2, 0) is 31.3 Å². The first-order chi connectivity index (χ1) is 21.6. The molecule has 4 aliphatic rings. The summed E-state index contributed by atoms with van der Waals surface area (Å²) in [4.78, 5) is 16.0. The van der Waals surface area contributed by atoms with Crippen molar-refractivity contribution in [2.75, 3.05) is 45.4 Å². The number of amides is 1. The fourth-order valence-corrected chi connectivity index (χ4v) is 9.60. The lowest BCUT2D eigenvalue weighted by Gasteiger charge is -2.46. The maximum Gasteiger partial charge on any atom is 0.264 e. The molecule has 0 radical (unpaired) electrons. The maximum absolute atomic E-state index is 13.6. The van der Waals surface area contributed by atoms with Crippen LogP contribution in [0.2, 0.25) is 5.02 Å². The Balaban J connectivity index is 1.42. The molecule has 2 aliphatic heterocycles. The zero-order valence-corrected chi connectivity index (χ0v) is 28.0. The number of anilines is 1. The fraction of sp³-hybridized carbons (Fsp3) is 0.571. The Morgan fingerprint density at radius 3 is 2.73 bits per heavy atom. The molecule has 2 bridgehead atoms. The molecule has 0 unspecified atom stereocenters. The van der Waals surface area contributed by atoms with Gasteiger partial charge >= 0.3 is 0 Å². The van der Waals surface area contributed by atoms with Crippen LogP contribution in [0.3, 0.4) is 0 Å². The summed E-state index contributed by atoms with van der Waals surface area (Å²) >= 11 is 6.42. The lowest BCUT2D eigenvalue weighted by Crippen LogP contribution is -2.49. The summed E-state index contributed by atoms with van der Waals surface area (Å²) in [5, 5.41) is -0.0409. The van der Waals surface area contributed by atoms with Gasteiger partial charge in [-0.05, 0) is 104 Å². The van der Waals surface area contributed by atoms with Crippen molar-refractivity contribution in [2.45, 2.75) is 68.6 Å². The monoisotopic (exact) mass is 656 g/mol. The van der Waals surface area contributed by atoms with Gasteiger partial charge in [-0.15, -0.1) is 0 Å². The van der Waals surface area contributed by atoms with Gasteiger partial charge < -0.3 is 19.1 Å². The number of benzene rings is 2. The third kappa shape index (κ3) is 6.64. The number of methoxy groups -OCH3 is 2. The zero-order valence-electron chi connectivity index (χ0n) is 26.5. The summed E-state index contributed by atoms with van der Waals surface area (Å²) in [6.07, 6.45) is 9.96. The molecule has 10 heteroatoms. The van der Waals surface area contributed by atoms with Gasteiger partial charge in [0, 0.05) is 49.9 Å². The average Bonchev–Trinajstić information content (AvgIpc) is 3.15. The zero-order chi connectivity index (χ0) is 31.8. The largest absolute Gasteiger partial charge is 0.490 e. The second-order valence-corrected chi connectivity index (χ2v) is 15.9. The SMILES string of the molecule is COCC[C@H]1C[C@H](C)/C=C\[C@H](OC)[C@@H]2CC[C@H]2CN2C[C@@]3(CCCc4cc(Cl)ccc43)COc3ccc(cc32)C(=O)NS1(=O)=O. The summed E-state index contributed by atoms with van der Waals surface area (Å²) in [6, 6.07) is 11.5. The van der Waals surface area contributed by atoms with E-state index < -0.39 is 21.2 Å². The van der Waals surface area contributed by atoms with Crippen LogP contribution in [0.25, 0.3) is 0 Å². The highest BCUT2D eigenvalue weighted by molar-refractivity contribution is 7.90. The van der Waals surface area contributed by atoms with E-state index >= 15 is 0 Å². The minimum absolute atomic E-state index is 0.0315. The van der Waals surface area contributed by atoms with E-state index in [0.717, 1.165) is 55.9 Å². The Morgan fingerprint density at radius 2 is 1.98 bits per heavy atom. The number of hydrogen-bond acceptors (Lipinski definition) is 7. The molecule has 0 aromatic heterocycles. The average molecular weight is 657 g/mol. The molecule has 8 nitrogen and oxygen atoms in total. The van der Waals surface area contributed by atoms with Crippen LogP contribution in [0.1, 0.15) is 66.9 Å². The lowest BCUT2D eigenvalue weighted by atomic mass is 9.68. The van der Waals surface area contributed by atoms with E-state index in [1.807, 2.05) is 25.1 Å². The topological polar surface area (TPSA) is 94.2 Å². The first kappa shape index (κ1) is 32.4. The molecule has 6 atom stereocenters. The van der Waals surface area contributed by atoms with Gasteiger partial charge in [-0.2, -0.15) is 0 Å². The van der Waals surface area contributed by atoms with E-state index in [4.69, 9.17) is 25.8 Å². The normalized spacial score (nSPS) is 31.9. The third-order valence-electron chi connectivity index (χ3n) is 10.5. The number of fused-ring (bicyclic) bond motifs is 4. The van der Waals surface area contributed by atoms with Crippen molar-refractivity contribution < 1.29 is 27.4 Å². The number of hydrogen-bond donors (Lipinski definition) is 1. The standard InChI is InChI=1S/C35H45ClN2O6S/c1-23-6-12-32(43-3)29-10-7-26(29)20-38-21-35(15-4-5-24-18-27(36)9-11-30(24)35)22-44-33-13-8-25(19-31(33)38)34(39)37-45(40,41)28(17-23)14-16-42-2/h6,8-9,11-13,18-19,23,26,28-29,32H,4-5,7,10,14-17,20-22H2,1-3H3,(H,37,39)/b12-6-/t23-,26+,28+,29-,32+,35+/m1/s1. The fourth-order valence-electron chi connectivity index (χ4n) is 7.90. The van der Waals surface area contributed by atoms with Gasteiger partial charge in [-0.3, -0.25) is 4.79 Å².